The van der Waals surface area contributed by atoms with Crippen LogP contribution in [0.15, 0.2) is 65.6 Å². The average Bonchev–Trinajstić information content (AvgIpc) is 2.75. The third-order valence-corrected chi connectivity index (χ3v) is 6.50. The Morgan fingerprint density at radius 2 is 1.69 bits per heavy atom. The molecule has 0 spiro atoms. The molecule has 166 valence electrons. The highest BCUT2D eigenvalue weighted by molar-refractivity contribution is 7.92. The van der Waals surface area contributed by atoms with Gasteiger partial charge in [-0.3, -0.25) is 9.52 Å². The van der Waals surface area contributed by atoms with Gasteiger partial charge in [-0.15, -0.1) is 0 Å². The minimum atomic E-state index is -4.05. The highest BCUT2D eigenvalue weighted by atomic mass is 35.5. The van der Waals surface area contributed by atoms with E-state index in [4.69, 9.17) is 11.6 Å². The first kappa shape index (κ1) is 23.3. The van der Waals surface area contributed by atoms with E-state index in [1.54, 1.807) is 37.3 Å². The fourth-order valence-corrected chi connectivity index (χ4v) is 4.68. The van der Waals surface area contributed by atoms with Crippen LogP contribution in [0.2, 0.25) is 5.02 Å². The van der Waals surface area contributed by atoms with E-state index in [0.717, 1.165) is 11.1 Å². The van der Waals surface area contributed by atoms with Gasteiger partial charge in [0.25, 0.3) is 15.9 Å². The minimum Gasteiger partial charge on any atom is -0.465 e. The van der Waals surface area contributed by atoms with Gasteiger partial charge in [-0.2, -0.15) is 0 Å². The maximum Gasteiger partial charge on any atom is 0.337 e. The molecule has 0 aliphatic heterocycles. The molecule has 1 amide bonds. The van der Waals surface area contributed by atoms with Crippen molar-refractivity contribution < 1.29 is 22.7 Å². The van der Waals surface area contributed by atoms with Gasteiger partial charge in [0.15, 0.2) is 0 Å². The largest absolute Gasteiger partial charge is 0.465 e. The van der Waals surface area contributed by atoms with E-state index in [2.05, 4.69) is 14.8 Å². The third-order valence-electron chi connectivity index (χ3n) is 4.65. The molecule has 0 bridgehead atoms. The number of rotatable bonds is 6. The molecule has 2 N–H and O–H groups in total. The highest BCUT2D eigenvalue weighted by Gasteiger charge is 2.21. The van der Waals surface area contributed by atoms with E-state index >= 15 is 0 Å². The highest BCUT2D eigenvalue weighted by Crippen LogP contribution is 2.27. The van der Waals surface area contributed by atoms with Crippen LogP contribution in [-0.4, -0.2) is 27.4 Å². The van der Waals surface area contributed by atoms with Gasteiger partial charge in [0.05, 0.1) is 23.4 Å². The lowest BCUT2D eigenvalue weighted by molar-refractivity contribution is 0.0600. The number of anilines is 2. The molecule has 0 aliphatic carbocycles. The van der Waals surface area contributed by atoms with Crippen LogP contribution in [0.1, 0.15) is 31.8 Å². The SMILES string of the molecule is COC(=O)c1cccc(NC(=O)c2ccc(Cl)c(S(=O)(=O)Nc3ccc(C)cc3C)c2)c1. The molecule has 32 heavy (non-hydrogen) atoms. The van der Waals surface area contributed by atoms with Crippen molar-refractivity contribution in [1.29, 1.82) is 0 Å². The molecular weight excluding hydrogens is 452 g/mol. The van der Waals surface area contributed by atoms with Gasteiger partial charge in [-0.05, 0) is 61.9 Å². The van der Waals surface area contributed by atoms with Crippen LogP contribution in [0.3, 0.4) is 0 Å². The summed E-state index contributed by atoms with van der Waals surface area (Å²) in [5, 5.41) is 2.61. The first-order valence-electron chi connectivity index (χ1n) is 9.50. The van der Waals surface area contributed by atoms with Gasteiger partial charge in [0.2, 0.25) is 0 Å². The molecule has 0 fully saturated rings. The van der Waals surface area contributed by atoms with Crippen molar-refractivity contribution in [3.05, 3.63) is 87.9 Å². The van der Waals surface area contributed by atoms with Gasteiger partial charge in [0, 0.05) is 11.3 Å². The number of amides is 1. The van der Waals surface area contributed by atoms with E-state index in [0.29, 0.717) is 11.4 Å². The van der Waals surface area contributed by atoms with Crippen molar-refractivity contribution in [2.45, 2.75) is 18.7 Å². The predicted octanol–water partition coefficient (Wildman–Crippen LogP) is 4.80. The zero-order valence-electron chi connectivity index (χ0n) is 17.6. The zero-order valence-corrected chi connectivity index (χ0v) is 19.2. The Labute approximate surface area is 191 Å². The van der Waals surface area contributed by atoms with E-state index in [1.807, 2.05) is 13.0 Å². The summed E-state index contributed by atoms with van der Waals surface area (Å²) in [5.74, 6) is -1.11. The molecule has 0 radical (unpaired) electrons. The van der Waals surface area contributed by atoms with Gasteiger partial charge in [0.1, 0.15) is 4.90 Å². The number of hydrogen-bond donors (Lipinski definition) is 2. The number of halogens is 1. The summed E-state index contributed by atoms with van der Waals surface area (Å²) in [6, 6.07) is 15.5. The van der Waals surface area contributed by atoms with Crippen molar-refractivity contribution >= 4 is 44.9 Å². The smallest absolute Gasteiger partial charge is 0.337 e. The number of ether oxygens (including phenoxy) is 1. The number of sulfonamides is 1. The van der Waals surface area contributed by atoms with Crippen LogP contribution in [0.5, 0.6) is 0 Å². The second kappa shape index (κ2) is 9.42. The molecule has 0 saturated carbocycles. The number of esters is 1. The maximum atomic E-state index is 13.0. The molecular formula is C23H21ClN2O5S. The van der Waals surface area contributed by atoms with Crippen LogP contribution in [0.4, 0.5) is 11.4 Å². The van der Waals surface area contributed by atoms with Gasteiger partial charge in [-0.1, -0.05) is 35.4 Å². The minimum absolute atomic E-state index is 0.0218. The second-order valence-corrected chi connectivity index (χ2v) is 9.15. The monoisotopic (exact) mass is 472 g/mol. The first-order valence-corrected chi connectivity index (χ1v) is 11.4. The Hall–Kier alpha value is -3.36. The third kappa shape index (κ3) is 5.27. The summed E-state index contributed by atoms with van der Waals surface area (Å²) < 4.78 is 33.1. The van der Waals surface area contributed by atoms with Crippen LogP contribution in [0, 0.1) is 13.8 Å². The predicted molar refractivity (Wildman–Crippen MR) is 124 cm³/mol. The molecule has 0 unspecified atom stereocenters. The van der Waals surface area contributed by atoms with Gasteiger partial charge < -0.3 is 10.1 Å². The van der Waals surface area contributed by atoms with Crippen molar-refractivity contribution in [2.24, 2.45) is 0 Å². The summed E-state index contributed by atoms with van der Waals surface area (Å²) in [4.78, 5) is 24.2. The van der Waals surface area contributed by atoms with E-state index in [9.17, 15) is 18.0 Å². The van der Waals surface area contributed by atoms with E-state index in [1.165, 1.54) is 31.4 Å². The molecule has 7 nitrogen and oxygen atoms in total. The Morgan fingerprint density at radius 3 is 2.38 bits per heavy atom. The topological polar surface area (TPSA) is 102 Å². The number of methoxy groups -OCH3 is 1. The molecule has 9 heteroatoms. The first-order chi connectivity index (χ1) is 15.1. The van der Waals surface area contributed by atoms with Crippen LogP contribution in [-0.2, 0) is 14.8 Å². The number of benzene rings is 3. The van der Waals surface area contributed by atoms with Gasteiger partial charge >= 0.3 is 5.97 Å². The second-order valence-electron chi connectivity index (χ2n) is 7.10. The Balaban J connectivity index is 1.88. The number of carbonyl (C=O) groups excluding carboxylic acids is 2. The Kier molecular flexibility index (Phi) is 6.86. The van der Waals surface area contributed by atoms with Crippen molar-refractivity contribution in [3.63, 3.8) is 0 Å². The van der Waals surface area contributed by atoms with Crippen molar-refractivity contribution in [1.82, 2.24) is 0 Å². The summed E-state index contributed by atoms with van der Waals surface area (Å²) in [6.45, 7) is 3.70. The molecule has 0 aromatic heterocycles. The average molecular weight is 473 g/mol. The summed E-state index contributed by atoms with van der Waals surface area (Å²) >= 11 is 6.15. The fraction of sp³-hybridized carbons (Fsp3) is 0.130. The quantitative estimate of drug-likeness (QED) is 0.502. The lowest BCUT2D eigenvalue weighted by atomic mass is 10.1. The van der Waals surface area contributed by atoms with Gasteiger partial charge in [-0.25, -0.2) is 13.2 Å². The number of aryl methyl sites for hydroxylation is 2. The van der Waals surface area contributed by atoms with Crippen molar-refractivity contribution in [3.8, 4) is 0 Å². The number of hydrogen-bond acceptors (Lipinski definition) is 5. The molecule has 0 saturated heterocycles. The van der Waals surface area contributed by atoms with Crippen LogP contribution < -0.4 is 10.0 Å². The zero-order chi connectivity index (χ0) is 23.5. The number of nitrogens with one attached hydrogen (secondary N) is 2. The van der Waals surface area contributed by atoms with Crippen molar-refractivity contribution in [2.75, 3.05) is 17.1 Å². The summed E-state index contributed by atoms with van der Waals surface area (Å²) in [5.41, 5.74) is 2.87. The molecule has 3 aromatic rings. The molecule has 0 aliphatic rings. The maximum absolute atomic E-state index is 13.0. The molecule has 3 aromatic carbocycles. The molecule has 3 rings (SSSR count). The Morgan fingerprint density at radius 1 is 0.938 bits per heavy atom. The Bertz CT molecular complexity index is 1310. The van der Waals surface area contributed by atoms with E-state index in [-0.39, 0.29) is 21.0 Å². The summed E-state index contributed by atoms with van der Waals surface area (Å²) in [7, 11) is -2.79. The lowest BCUT2D eigenvalue weighted by Gasteiger charge is -2.13. The summed E-state index contributed by atoms with van der Waals surface area (Å²) in [6.07, 6.45) is 0. The number of carbonyl (C=O) groups is 2. The molecule has 0 heterocycles. The van der Waals surface area contributed by atoms with E-state index < -0.39 is 21.9 Å². The van der Waals surface area contributed by atoms with Crippen LogP contribution >= 0.6 is 11.6 Å². The molecule has 0 atom stereocenters. The standard InChI is InChI=1S/C23H21ClN2O5S/c1-14-7-10-20(15(2)11-14)26-32(29,30)21-13-16(8-9-19(21)24)22(27)25-18-6-4-5-17(12-18)23(28)31-3/h4-13,26H,1-3H3,(H,25,27). The normalized spacial score (nSPS) is 11.0. The lowest BCUT2D eigenvalue weighted by Crippen LogP contribution is -2.17. The fourth-order valence-electron chi connectivity index (χ4n) is 3.02. The van der Waals surface area contributed by atoms with Crippen LogP contribution in [0.25, 0.3) is 0 Å².